The maximum Gasteiger partial charge on any atom is 0.0739 e. The maximum atomic E-state index is 5.26. The molecular formula is C9H10N4. The summed E-state index contributed by atoms with van der Waals surface area (Å²) in [6.07, 6.45) is 0.631. The zero-order chi connectivity index (χ0) is 9.26. The highest BCUT2D eigenvalue weighted by molar-refractivity contribution is 6.27. The molecule has 0 aliphatic heterocycles. The molecule has 2 rings (SSSR count). The largest absolute Gasteiger partial charge is 0.323 e. The third kappa shape index (κ3) is 1.07. The Hall–Kier alpha value is -1.84. The first kappa shape index (κ1) is 7.79. The van der Waals surface area contributed by atoms with Crippen LogP contribution in [0.1, 0.15) is 17.5 Å². The van der Waals surface area contributed by atoms with E-state index in [1.807, 2.05) is 24.3 Å². The second-order valence-electron chi connectivity index (χ2n) is 2.87. The van der Waals surface area contributed by atoms with Gasteiger partial charge in [0, 0.05) is 17.5 Å². The molecule has 0 radical (unpaired) electrons. The third-order valence-corrected chi connectivity index (χ3v) is 2.20. The van der Waals surface area contributed by atoms with Gasteiger partial charge in [0.25, 0.3) is 0 Å². The van der Waals surface area contributed by atoms with Crippen LogP contribution in [0.3, 0.4) is 0 Å². The second-order valence-corrected chi connectivity index (χ2v) is 2.87. The van der Waals surface area contributed by atoms with Crippen LogP contribution in [0.25, 0.3) is 0 Å². The van der Waals surface area contributed by atoms with Gasteiger partial charge in [0.1, 0.15) is 0 Å². The Morgan fingerprint density at radius 3 is 1.77 bits per heavy atom. The van der Waals surface area contributed by atoms with Gasteiger partial charge >= 0.3 is 0 Å². The van der Waals surface area contributed by atoms with Crippen LogP contribution in [0.4, 0.5) is 0 Å². The molecule has 0 atom stereocenters. The second kappa shape index (κ2) is 2.90. The van der Waals surface area contributed by atoms with Crippen LogP contribution in [0.15, 0.2) is 34.5 Å². The van der Waals surface area contributed by atoms with Gasteiger partial charge in [0.05, 0.1) is 11.4 Å². The van der Waals surface area contributed by atoms with Gasteiger partial charge in [-0.3, -0.25) is 0 Å². The molecule has 0 fully saturated rings. The zero-order valence-electron chi connectivity index (χ0n) is 7.07. The number of benzene rings is 1. The molecule has 0 unspecified atom stereocenters. The van der Waals surface area contributed by atoms with E-state index in [1.54, 1.807) is 0 Å². The lowest BCUT2D eigenvalue weighted by Gasteiger charge is -1.95. The normalized spacial score (nSPS) is 20.9. The molecule has 0 spiro atoms. The Balaban J connectivity index is 2.63. The number of nitrogens with zero attached hydrogens (tertiary/aromatic N) is 2. The van der Waals surface area contributed by atoms with E-state index in [9.17, 15) is 0 Å². The van der Waals surface area contributed by atoms with Gasteiger partial charge in [0.2, 0.25) is 0 Å². The molecule has 13 heavy (non-hydrogen) atoms. The summed E-state index contributed by atoms with van der Waals surface area (Å²) in [5.41, 5.74) is 3.77. The fourth-order valence-electron chi connectivity index (χ4n) is 1.57. The van der Waals surface area contributed by atoms with Crippen LogP contribution >= 0.6 is 0 Å². The number of fused-ring (bicyclic) bond motifs is 1. The molecule has 1 aliphatic rings. The lowest BCUT2D eigenvalue weighted by atomic mass is 10.1. The van der Waals surface area contributed by atoms with E-state index in [0.29, 0.717) is 6.42 Å². The average molecular weight is 174 g/mol. The number of hydrazone groups is 2. The quantitative estimate of drug-likeness (QED) is 0.441. The number of nitrogens with two attached hydrogens (primary N) is 2. The molecule has 1 aromatic rings. The van der Waals surface area contributed by atoms with Crippen molar-refractivity contribution in [2.45, 2.75) is 6.42 Å². The van der Waals surface area contributed by atoms with Gasteiger partial charge in [-0.1, -0.05) is 24.3 Å². The van der Waals surface area contributed by atoms with Gasteiger partial charge in [-0.15, -0.1) is 0 Å². The average Bonchev–Trinajstić information content (AvgIpc) is 2.56. The molecule has 4 heteroatoms. The lowest BCUT2D eigenvalue weighted by Crippen LogP contribution is -2.01. The van der Waals surface area contributed by atoms with Crippen molar-refractivity contribution in [3.8, 4) is 0 Å². The molecule has 4 N–H and O–H groups in total. The summed E-state index contributed by atoms with van der Waals surface area (Å²) in [6.45, 7) is 0. The molecular weight excluding hydrogens is 164 g/mol. The SMILES string of the molecule is N/N=C1/C/C(=N/N)c2ccccc21. The minimum atomic E-state index is 0.631. The highest BCUT2D eigenvalue weighted by Gasteiger charge is 2.22. The minimum Gasteiger partial charge on any atom is -0.323 e. The predicted molar refractivity (Wildman–Crippen MR) is 52.5 cm³/mol. The van der Waals surface area contributed by atoms with Gasteiger partial charge in [-0.2, -0.15) is 10.2 Å². The summed E-state index contributed by atoms with van der Waals surface area (Å²) in [5, 5.41) is 7.41. The Labute approximate surface area is 75.9 Å². The van der Waals surface area contributed by atoms with E-state index in [1.165, 1.54) is 0 Å². The summed E-state index contributed by atoms with van der Waals surface area (Å²) < 4.78 is 0. The van der Waals surface area contributed by atoms with Crippen LogP contribution in [0.2, 0.25) is 0 Å². The van der Waals surface area contributed by atoms with Crippen molar-refractivity contribution in [3.05, 3.63) is 35.4 Å². The number of hydrogen-bond acceptors (Lipinski definition) is 4. The molecule has 0 saturated carbocycles. The summed E-state index contributed by atoms with van der Waals surface area (Å²) in [6, 6.07) is 7.84. The van der Waals surface area contributed by atoms with Gasteiger partial charge in [0.15, 0.2) is 0 Å². The van der Waals surface area contributed by atoms with E-state index in [2.05, 4.69) is 10.2 Å². The van der Waals surface area contributed by atoms with Crippen molar-refractivity contribution in [1.82, 2.24) is 0 Å². The number of rotatable bonds is 0. The van der Waals surface area contributed by atoms with Crippen LogP contribution in [-0.4, -0.2) is 11.4 Å². The van der Waals surface area contributed by atoms with E-state index < -0.39 is 0 Å². The Morgan fingerprint density at radius 2 is 1.38 bits per heavy atom. The molecule has 0 heterocycles. The van der Waals surface area contributed by atoms with Crippen molar-refractivity contribution in [3.63, 3.8) is 0 Å². The maximum absolute atomic E-state index is 5.26. The van der Waals surface area contributed by atoms with E-state index in [4.69, 9.17) is 11.7 Å². The van der Waals surface area contributed by atoms with Crippen molar-refractivity contribution < 1.29 is 0 Å². The van der Waals surface area contributed by atoms with Crippen molar-refractivity contribution >= 4 is 11.4 Å². The summed E-state index contributed by atoms with van der Waals surface area (Å²) >= 11 is 0. The molecule has 1 aliphatic carbocycles. The standard InChI is InChI=1S/C9H10N4/c10-12-8-5-9(13-11)7-4-2-1-3-6(7)8/h1-4H,5,10-11H2/b12-8-,13-9-. The van der Waals surface area contributed by atoms with Crippen LogP contribution < -0.4 is 11.7 Å². The van der Waals surface area contributed by atoms with Gasteiger partial charge in [-0.25, -0.2) is 0 Å². The Kier molecular flexibility index (Phi) is 1.73. The molecule has 0 bridgehead atoms. The highest BCUT2D eigenvalue weighted by atomic mass is 15.1. The van der Waals surface area contributed by atoms with E-state index >= 15 is 0 Å². The van der Waals surface area contributed by atoms with Crippen molar-refractivity contribution in [2.24, 2.45) is 21.9 Å². The fourth-order valence-corrected chi connectivity index (χ4v) is 1.57. The summed E-state index contributed by atoms with van der Waals surface area (Å²) in [5.74, 6) is 10.5. The molecule has 4 nitrogen and oxygen atoms in total. The number of hydrogen-bond donors (Lipinski definition) is 2. The monoisotopic (exact) mass is 174 g/mol. The topological polar surface area (TPSA) is 76.8 Å². The smallest absolute Gasteiger partial charge is 0.0739 e. The van der Waals surface area contributed by atoms with Crippen molar-refractivity contribution in [2.75, 3.05) is 0 Å². The molecule has 1 aromatic carbocycles. The molecule has 0 saturated heterocycles. The van der Waals surface area contributed by atoms with Crippen molar-refractivity contribution in [1.29, 1.82) is 0 Å². The first-order chi connectivity index (χ1) is 6.36. The van der Waals surface area contributed by atoms with Gasteiger partial charge in [-0.05, 0) is 0 Å². The lowest BCUT2D eigenvalue weighted by molar-refractivity contribution is 1.21. The Morgan fingerprint density at radius 1 is 0.923 bits per heavy atom. The third-order valence-electron chi connectivity index (χ3n) is 2.20. The van der Waals surface area contributed by atoms with E-state index in [-0.39, 0.29) is 0 Å². The van der Waals surface area contributed by atoms with Crippen LogP contribution in [0, 0.1) is 0 Å². The van der Waals surface area contributed by atoms with Crippen LogP contribution in [0.5, 0.6) is 0 Å². The zero-order valence-corrected chi connectivity index (χ0v) is 7.07. The molecule has 0 amide bonds. The van der Waals surface area contributed by atoms with Crippen LogP contribution in [-0.2, 0) is 0 Å². The first-order valence-electron chi connectivity index (χ1n) is 4.00. The predicted octanol–water partition coefficient (Wildman–Crippen LogP) is 0.416. The Bertz CT molecular complexity index is 355. The molecule has 66 valence electrons. The molecule has 0 aromatic heterocycles. The summed E-state index contributed by atoms with van der Waals surface area (Å²) in [7, 11) is 0. The fraction of sp³-hybridized carbons (Fsp3) is 0.111. The first-order valence-corrected chi connectivity index (χ1v) is 4.00. The van der Waals surface area contributed by atoms with Gasteiger partial charge < -0.3 is 11.7 Å². The highest BCUT2D eigenvalue weighted by Crippen LogP contribution is 2.22. The summed E-state index contributed by atoms with van der Waals surface area (Å²) in [4.78, 5) is 0. The van der Waals surface area contributed by atoms with E-state index in [0.717, 1.165) is 22.6 Å². The minimum absolute atomic E-state index is 0.631.